The molecule has 0 spiro atoms. The van der Waals surface area contributed by atoms with E-state index in [1.54, 1.807) is 0 Å². The van der Waals surface area contributed by atoms with Gasteiger partial charge in [0, 0.05) is 5.41 Å². The molecule has 2 nitrogen and oxygen atoms in total. The van der Waals surface area contributed by atoms with Crippen molar-refractivity contribution in [2.24, 2.45) is 0 Å². The van der Waals surface area contributed by atoms with Crippen molar-refractivity contribution in [1.29, 1.82) is 0 Å². The van der Waals surface area contributed by atoms with Crippen LogP contribution in [0, 0.1) is 6.92 Å². The van der Waals surface area contributed by atoms with E-state index in [2.05, 4.69) is 36.5 Å². The summed E-state index contributed by atoms with van der Waals surface area (Å²) >= 11 is 0. The van der Waals surface area contributed by atoms with E-state index in [-0.39, 0.29) is 12.0 Å². The summed E-state index contributed by atoms with van der Waals surface area (Å²) in [5, 5.41) is 13.2. The number of aliphatic hydroxyl groups excluding tert-OH is 1. The summed E-state index contributed by atoms with van der Waals surface area (Å²) in [4.78, 5) is 0. The van der Waals surface area contributed by atoms with Gasteiger partial charge in [-0.1, -0.05) is 24.3 Å². The molecule has 1 atom stereocenters. The molecule has 2 N–H and O–H groups in total. The van der Waals surface area contributed by atoms with Crippen LogP contribution in [0.15, 0.2) is 24.3 Å². The van der Waals surface area contributed by atoms with Gasteiger partial charge in [-0.15, -0.1) is 0 Å². The first kappa shape index (κ1) is 11.6. The van der Waals surface area contributed by atoms with Gasteiger partial charge in [0.2, 0.25) is 0 Å². The maximum absolute atomic E-state index is 9.82. The SMILES string of the molecule is Cc1ccccc1C1(CO)CCCNCC1. The van der Waals surface area contributed by atoms with Crippen molar-refractivity contribution in [3.8, 4) is 0 Å². The molecule has 2 rings (SSSR count). The van der Waals surface area contributed by atoms with Crippen molar-refractivity contribution in [1.82, 2.24) is 5.32 Å². The number of aryl methyl sites for hydroxylation is 1. The van der Waals surface area contributed by atoms with E-state index >= 15 is 0 Å². The molecule has 88 valence electrons. The molecule has 1 fully saturated rings. The lowest BCUT2D eigenvalue weighted by molar-refractivity contribution is 0.178. The Hall–Kier alpha value is -0.860. The van der Waals surface area contributed by atoms with Crippen molar-refractivity contribution in [2.75, 3.05) is 19.7 Å². The summed E-state index contributed by atoms with van der Waals surface area (Å²) in [7, 11) is 0. The molecule has 1 unspecified atom stereocenters. The minimum atomic E-state index is -0.0190. The molecule has 1 saturated heterocycles. The molecule has 1 aliphatic rings. The molecule has 0 amide bonds. The molecule has 16 heavy (non-hydrogen) atoms. The van der Waals surface area contributed by atoms with Gasteiger partial charge in [0.1, 0.15) is 0 Å². The highest BCUT2D eigenvalue weighted by Crippen LogP contribution is 2.35. The van der Waals surface area contributed by atoms with E-state index in [0.29, 0.717) is 0 Å². The van der Waals surface area contributed by atoms with Crippen molar-refractivity contribution >= 4 is 0 Å². The van der Waals surface area contributed by atoms with Crippen LogP contribution in [0.5, 0.6) is 0 Å². The molecular weight excluding hydrogens is 198 g/mol. The third-order valence-electron chi connectivity index (χ3n) is 3.81. The Morgan fingerprint density at radius 2 is 2.06 bits per heavy atom. The Kier molecular flexibility index (Phi) is 3.62. The molecule has 0 saturated carbocycles. The van der Waals surface area contributed by atoms with Crippen LogP contribution in [0.25, 0.3) is 0 Å². The highest BCUT2D eigenvalue weighted by molar-refractivity contribution is 5.34. The highest BCUT2D eigenvalue weighted by Gasteiger charge is 2.32. The fraction of sp³-hybridized carbons (Fsp3) is 0.571. The van der Waals surface area contributed by atoms with Crippen LogP contribution in [0.2, 0.25) is 0 Å². The van der Waals surface area contributed by atoms with Gasteiger partial charge in [-0.2, -0.15) is 0 Å². The van der Waals surface area contributed by atoms with Crippen LogP contribution in [-0.2, 0) is 5.41 Å². The molecule has 0 bridgehead atoms. The lowest BCUT2D eigenvalue weighted by atomic mass is 9.73. The smallest absolute Gasteiger partial charge is 0.0528 e. The zero-order chi connectivity index (χ0) is 11.4. The lowest BCUT2D eigenvalue weighted by Crippen LogP contribution is -2.32. The van der Waals surface area contributed by atoms with Crippen LogP contribution < -0.4 is 5.32 Å². The van der Waals surface area contributed by atoms with E-state index in [1.807, 2.05) is 0 Å². The van der Waals surface area contributed by atoms with Crippen LogP contribution in [-0.4, -0.2) is 24.8 Å². The van der Waals surface area contributed by atoms with Crippen LogP contribution in [0.4, 0.5) is 0 Å². The maximum Gasteiger partial charge on any atom is 0.0528 e. The Bertz CT molecular complexity index is 340. The highest BCUT2D eigenvalue weighted by atomic mass is 16.3. The van der Waals surface area contributed by atoms with Crippen LogP contribution in [0.1, 0.15) is 30.4 Å². The summed E-state index contributed by atoms with van der Waals surface area (Å²) in [6.07, 6.45) is 3.27. The fourth-order valence-electron chi connectivity index (χ4n) is 2.81. The third-order valence-corrected chi connectivity index (χ3v) is 3.81. The summed E-state index contributed by atoms with van der Waals surface area (Å²) < 4.78 is 0. The molecule has 1 heterocycles. The summed E-state index contributed by atoms with van der Waals surface area (Å²) in [6.45, 7) is 4.49. The average Bonchev–Trinajstić information content (AvgIpc) is 2.56. The standard InChI is InChI=1S/C14H21NO/c1-12-5-2-3-6-13(12)14(11-16)7-4-9-15-10-8-14/h2-3,5-6,15-16H,4,7-11H2,1H3. The maximum atomic E-state index is 9.82. The minimum absolute atomic E-state index is 0.0190. The van der Waals surface area contributed by atoms with Gasteiger partial charge in [-0.05, 0) is 50.4 Å². The average molecular weight is 219 g/mol. The van der Waals surface area contributed by atoms with E-state index < -0.39 is 0 Å². The quantitative estimate of drug-likeness (QED) is 0.797. The number of nitrogens with one attached hydrogen (secondary N) is 1. The predicted octanol–water partition coefficient (Wildman–Crippen LogP) is 2.00. The van der Waals surface area contributed by atoms with Crippen molar-refractivity contribution in [2.45, 2.75) is 31.6 Å². The van der Waals surface area contributed by atoms with E-state index in [1.165, 1.54) is 11.1 Å². The summed E-state index contributed by atoms with van der Waals surface area (Å²) in [5.41, 5.74) is 2.62. The molecular formula is C14H21NO. The molecule has 0 radical (unpaired) electrons. The first-order chi connectivity index (χ1) is 7.78. The number of benzene rings is 1. The van der Waals surface area contributed by atoms with Crippen LogP contribution in [0.3, 0.4) is 0 Å². The summed E-state index contributed by atoms with van der Waals surface area (Å²) in [6, 6.07) is 8.47. The molecule has 0 aliphatic carbocycles. The van der Waals surface area contributed by atoms with Gasteiger partial charge in [-0.3, -0.25) is 0 Å². The topological polar surface area (TPSA) is 32.3 Å². The predicted molar refractivity (Wildman–Crippen MR) is 66.7 cm³/mol. The molecule has 2 heteroatoms. The Balaban J connectivity index is 2.36. The van der Waals surface area contributed by atoms with Gasteiger partial charge in [-0.25, -0.2) is 0 Å². The van der Waals surface area contributed by atoms with Gasteiger partial charge < -0.3 is 10.4 Å². The van der Waals surface area contributed by atoms with Crippen molar-refractivity contribution in [3.05, 3.63) is 35.4 Å². The van der Waals surface area contributed by atoms with Gasteiger partial charge in [0.15, 0.2) is 0 Å². The number of hydrogen-bond acceptors (Lipinski definition) is 2. The van der Waals surface area contributed by atoms with E-state index in [9.17, 15) is 5.11 Å². The Labute approximate surface area is 97.7 Å². The first-order valence-electron chi connectivity index (χ1n) is 6.16. The molecule has 0 aromatic heterocycles. The second-order valence-electron chi connectivity index (χ2n) is 4.86. The summed E-state index contributed by atoms with van der Waals surface area (Å²) in [5.74, 6) is 0. The minimum Gasteiger partial charge on any atom is -0.395 e. The molecule has 1 aromatic rings. The molecule has 1 aromatic carbocycles. The zero-order valence-electron chi connectivity index (χ0n) is 10.00. The number of hydrogen-bond donors (Lipinski definition) is 2. The normalized spacial score (nSPS) is 26.4. The van der Waals surface area contributed by atoms with Gasteiger partial charge in [0.25, 0.3) is 0 Å². The fourth-order valence-corrected chi connectivity index (χ4v) is 2.81. The largest absolute Gasteiger partial charge is 0.395 e. The third kappa shape index (κ3) is 2.13. The molecule has 1 aliphatic heterocycles. The van der Waals surface area contributed by atoms with Crippen LogP contribution >= 0.6 is 0 Å². The number of rotatable bonds is 2. The van der Waals surface area contributed by atoms with Crippen molar-refractivity contribution in [3.63, 3.8) is 0 Å². The second-order valence-corrected chi connectivity index (χ2v) is 4.86. The zero-order valence-corrected chi connectivity index (χ0v) is 10.00. The monoisotopic (exact) mass is 219 g/mol. The Morgan fingerprint density at radius 3 is 2.81 bits per heavy atom. The lowest BCUT2D eigenvalue weighted by Gasteiger charge is -2.32. The van der Waals surface area contributed by atoms with Gasteiger partial charge >= 0.3 is 0 Å². The van der Waals surface area contributed by atoms with Gasteiger partial charge in [0.05, 0.1) is 6.61 Å². The van der Waals surface area contributed by atoms with E-state index in [4.69, 9.17) is 0 Å². The second kappa shape index (κ2) is 4.98. The van der Waals surface area contributed by atoms with Crippen molar-refractivity contribution < 1.29 is 5.11 Å². The number of aliphatic hydroxyl groups is 1. The Morgan fingerprint density at radius 1 is 1.25 bits per heavy atom. The first-order valence-corrected chi connectivity index (χ1v) is 6.16. The van der Waals surface area contributed by atoms with E-state index in [0.717, 1.165) is 32.4 Å².